The maximum absolute atomic E-state index is 13.0. The van der Waals surface area contributed by atoms with Crippen LogP contribution in [0.15, 0.2) is 23.1 Å². The molecule has 28 heavy (non-hydrogen) atoms. The maximum atomic E-state index is 13.0. The van der Waals surface area contributed by atoms with Crippen LogP contribution < -0.4 is 10.6 Å². The molecule has 0 saturated heterocycles. The molecule has 10 heteroatoms. The van der Waals surface area contributed by atoms with Gasteiger partial charge in [-0.2, -0.15) is 4.31 Å². The van der Waals surface area contributed by atoms with Crippen LogP contribution in [-0.4, -0.2) is 78.1 Å². The van der Waals surface area contributed by atoms with Gasteiger partial charge in [0.25, 0.3) is 0 Å². The van der Waals surface area contributed by atoms with Crippen molar-refractivity contribution in [3.05, 3.63) is 29.3 Å². The molecular formula is C18H29N3O6S. The van der Waals surface area contributed by atoms with Crippen LogP contribution in [0.4, 0.5) is 0 Å². The fourth-order valence-corrected chi connectivity index (χ4v) is 3.70. The van der Waals surface area contributed by atoms with Crippen LogP contribution in [-0.2, 0) is 29.1 Å². The van der Waals surface area contributed by atoms with Gasteiger partial charge in [0.2, 0.25) is 21.8 Å². The number of ether oxygens (including phenoxy) is 2. The fourth-order valence-electron chi connectivity index (χ4n) is 2.27. The lowest BCUT2D eigenvalue weighted by molar-refractivity contribution is -0.123. The van der Waals surface area contributed by atoms with E-state index < -0.39 is 34.9 Å². The van der Waals surface area contributed by atoms with Gasteiger partial charge in [-0.3, -0.25) is 9.59 Å². The van der Waals surface area contributed by atoms with Crippen molar-refractivity contribution in [2.45, 2.75) is 18.7 Å². The third-order valence-corrected chi connectivity index (χ3v) is 5.80. The van der Waals surface area contributed by atoms with Gasteiger partial charge in [-0.05, 0) is 37.1 Å². The molecule has 0 aliphatic carbocycles. The van der Waals surface area contributed by atoms with Crippen LogP contribution in [0.3, 0.4) is 0 Å². The van der Waals surface area contributed by atoms with E-state index in [9.17, 15) is 18.0 Å². The summed E-state index contributed by atoms with van der Waals surface area (Å²) < 4.78 is 36.7. The molecule has 9 nitrogen and oxygen atoms in total. The molecule has 0 radical (unpaired) electrons. The van der Waals surface area contributed by atoms with Gasteiger partial charge < -0.3 is 20.1 Å². The zero-order valence-corrected chi connectivity index (χ0v) is 17.6. The number of rotatable bonds is 12. The van der Waals surface area contributed by atoms with Crippen molar-refractivity contribution >= 4 is 21.8 Å². The van der Waals surface area contributed by atoms with Gasteiger partial charge >= 0.3 is 0 Å². The Balaban J connectivity index is 3.01. The van der Waals surface area contributed by atoms with Crippen molar-refractivity contribution < 1.29 is 27.5 Å². The number of amides is 2. The topological polar surface area (TPSA) is 114 Å². The third kappa shape index (κ3) is 7.55. The second-order valence-electron chi connectivity index (χ2n) is 6.20. The lowest BCUT2D eigenvalue weighted by Crippen LogP contribution is -2.46. The van der Waals surface area contributed by atoms with Crippen LogP contribution >= 0.6 is 0 Å². The summed E-state index contributed by atoms with van der Waals surface area (Å²) in [5.74, 6) is -1.04. The van der Waals surface area contributed by atoms with Gasteiger partial charge in [0.05, 0.1) is 31.2 Å². The summed E-state index contributed by atoms with van der Waals surface area (Å²) in [5.41, 5.74) is 1.75. The number of carbonyl (C=O) groups is 2. The van der Waals surface area contributed by atoms with E-state index in [1.54, 1.807) is 13.0 Å². The molecule has 0 bridgehead atoms. The monoisotopic (exact) mass is 415 g/mol. The maximum Gasteiger partial charge on any atom is 0.244 e. The summed E-state index contributed by atoms with van der Waals surface area (Å²) in [7, 11) is -1.06. The van der Waals surface area contributed by atoms with Gasteiger partial charge in [0.15, 0.2) is 0 Å². The van der Waals surface area contributed by atoms with Gasteiger partial charge in [0, 0.05) is 27.3 Å². The first-order valence-corrected chi connectivity index (χ1v) is 10.2. The smallest absolute Gasteiger partial charge is 0.244 e. The first-order chi connectivity index (χ1) is 13.2. The van der Waals surface area contributed by atoms with Crippen LogP contribution in [0.25, 0.3) is 0 Å². The van der Waals surface area contributed by atoms with Crippen LogP contribution in [0.2, 0.25) is 0 Å². The summed E-state index contributed by atoms with van der Waals surface area (Å²) in [6, 6.07) is 4.69. The number of hydrogen-bond donors (Lipinski definition) is 2. The Labute approximate surface area is 166 Å². The average Bonchev–Trinajstić information content (AvgIpc) is 2.63. The third-order valence-electron chi connectivity index (χ3n) is 4.01. The molecule has 0 aromatic heterocycles. The lowest BCUT2D eigenvalue weighted by atomic mass is 10.1. The highest BCUT2D eigenvalue weighted by Crippen LogP contribution is 2.19. The molecule has 2 amide bonds. The number of sulfonamides is 1. The highest BCUT2D eigenvalue weighted by Gasteiger charge is 2.29. The molecule has 1 rings (SSSR count). The molecule has 1 aromatic rings. The van der Waals surface area contributed by atoms with Crippen molar-refractivity contribution in [2.75, 3.05) is 53.6 Å². The van der Waals surface area contributed by atoms with E-state index in [1.807, 2.05) is 6.92 Å². The van der Waals surface area contributed by atoms with E-state index >= 15 is 0 Å². The normalized spacial score (nSPS) is 11.5. The fraction of sp³-hybridized carbons (Fsp3) is 0.556. The van der Waals surface area contributed by atoms with Crippen LogP contribution in [0.1, 0.15) is 11.1 Å². The van der Waals surface area contributed by atoms with Crippen molar-refractivity contribution in [3.63, 3.8) is 0 Å². The summed E-state index contributed by atoms with van der Waals surface area (Å²) in [6.07, 6.45) is 0. The Morgan fingerprint density at radius 2 is 1.43 bits per heavy atom. The minimum Gasteiger partial charge on any atom is -0.383 e. The first-order valence-electron chi connectivity index (χ1n) is 8.81. The van der Waals surface area contributed by atoms with E-state index in [0.29, 0.717) is 13.2 Å². The Kier molecular flexibility index (Phi) is 10.1. The zero-order valence-electron chi connectivity index (χ0n) is 16.8. The molecule has 0 aliphatic heterocycles. The highest BCUT2D eigenvalue weighted by atomic mass is 32.2. The predicted molar refractivity (Wildman–Crippen MR) is 104 cm³/mol. The molecule has 2 N–H and O–H groups in total. The minimum absolute atomic E-state index is 0.0324. The quantitative estimate of drug-likeness (QED) is 0.458. The number of methoxy groups -OCH3 is 2. The second kappa shape index (κ2) is 11.7. The van der Waals surface area contributed by atoms with Gasteiger partial charge in [0.1, 0.15) is 0 Å². The first kappa shape index (κ1) is 24.0. The Hall–Kier alpha value is -2.01. The summed E-state index contributed by atoms with van der Waals surface area (Å²) in [6.45, 7) is 3.80. The van der Waals surface area contributed by atoms with Crippen molar-refractivity contribution in [1.82, 2.24) is 14.9 Å². The molecule has 0 spiro atoms. The minimum atomic E-state index is -4.04. The van der Waals surface area contributed by atoms with E-state index in [0.717, 1.165) is 15.4 Å². The average molecular weight is 416 g/mol. The number of aryl methyl sites for hydroxylation is 2. The van der Waals surface area contributed by atoms with Crippen molar-refractivity contribution in [2.24, 2.45) is 0 Å². The number of hydrogen-bond acceptors (Lipinski definition) is 6. The molecule has 1 aromatic carbocycles. The van der Waals surface area contributed by atoms with E-state index in [4.69, 9.17) is 9.47 Å². The molecule has 0 aliphatic rings. The van der Waals surface area contributed by atoms with Crippen molar-refractivity contribution in [3.8, 4) is 0 Å². The Bertz CT molecular complexity index is 743. The molecular weight excluding hydrogens is 386 g/mol. The Morgan fingerprint density at radius 3 is 1.86 bits per heavy atom. The van der Waals surface area contributed by atoms with Crippen LogP contribution in [0.5, 0.6) is 0 Å². The van der Waals surface area contributed by atoms with Crippen molar-refractivity contribution in [1.29, 1.82) is 0 Å². The Morgan fingerprint density at radius 1 is 0.929 bits per heavy atom. The van der Waals surface area contributed by atoms with E-state index in [2.05, 4.69) is 10.6 Å². The SMILES string of the molecule is COCCNC(=O)CN(CC(=O)NCCOC)S(=O)(=O)c1ccc(C)c(C)c1. The summed E-state index contributed by atoms with van der Waals surface area (Å²) >= 11 is 0. The van der Waals surface area contributed by atoms with Crippen LogP contribution in [0, 0.1) is 13.8 Å². The highest BCUT2D eigenvalue weighted by molar-refractivity contribution is 7.89. The number of carbonyl (C=O) groups excluding carboxylic acids is 2. The largest absolute Gasteiger partial charge is 0.383 e. The predicted octanol–water partition coefficient (Wildman–Crippen LogP) is -0.181. The lowest BCUT2D eigenvalue weighted by Gasteiger charge is -2.22. The van der Waals surface area contributed by atoms with Gasteiger partial charge in [-0.15, -0.1) is 0 Å². The molecule has 0 saturated carbocycles. The summed E-state index contributed by atoms with van der Waals surface area (Å²) in [5, 5.41) is 5.12. The molecule has 0 unspecified atom stereocenters. The number of benzene rings is 1. The molecule has 0 atom stereocenters. The molecule has 0 fully saturated rings. The molecule has 0 heterocycles. The van der Waals surface area contributed by atoms with Gasteiger partial charge in [-0.25, -0.2) is 8.42 Å². The zero-order chi connectivity index (χ0) is 21.2. The number of nitrogens with zero attached hydrogens (tertiary/aromatic N) is 1. The molecule has 158 valence electrons. The standard InChI is InChI=1S/C18H29N3O6S/c1-14-5-6-16(11-15(14)2)28(24,25)21(12-17(22)19-7-9-26-3)13-18(23)20-8-10-27-4/h5-6,11H,7-10,12-13H2,1-4H3,(H,19,22)(H,20,23). The second-order valence-corrected chi connectivity index (χ2v) is 8.14. The van der Waals surface area contributed by atoms with Gasteiger partial charge in [-0.1, -0.05) is 6.07 Å². The number of nitrogens with one attached hydrogen (secondary N) is 2. The van der Waals surface area contributed by atoms with E-state index in [-0.39, 0.29) is 18.0 Å². The summed E-state index contributed by atoms with van der Waals surface area (Å²) in [4.78, 5) is 24.3. The van der Waals surface area contributed by atoms with E-state index in [1.165, 1.54) is 26.4 Å².